The van der Waals surface area contributed by atoms with E-state index in [4.69, 9.17) is 11.6 Å². The van der Waals surface area contributed by atoms with E-state index in [9.17, 15) is 4.79 Å². The Labute approximate surface area is 187 Å². The minimum atomic E-state index is -0.385. The predicted octanol–water partition coefficient (Wildman–Crippen LogP) is 6.22. The van der Waals surface area contributed by atoms with Crippen LogP contribution in [0, 0.1) is 13.8 Å². The lowest BCUT2D eigenvalue weighted by Gasteiger charge is -2.10. The molecule has 4 rings (SSSR count). The summed E-state index contributed by atoms with van der Waals surface area (Å²) in [6.45, 7) is 3.94. The number of hydrogen-bond donors (Lipinski definition) is 1. The first-order chi connectivity index (χ1) is 14.4. The van der Waals surface area contributed by atoms with Crippen molar-refractivity contribution in [2.24, 2.45) is 0 Å². The van der Waals surface area contributed by atoms with Gasteiger partial charge in [0.25, 0.3) is 5.91 Å². The van der Waals surface area contributed by atoms with Crippen molar-refractivity contribution in [1.29, 1.82) is 0 Å². The summed E-state index contributed by atoms with van der Waals surface area (Å²) in [5.41, 5.74) is 4.29. The molecule has 30 heavy (non-hydrogen) atoms. The number of rotatable bonds is 4. The summed E-state index contributed by atoms with van der Waals surface area (Å²) in [7, 11) is 0. The van der Waals surface area contributed by atoms with Crippen LogP contribution in [0.2, 0.25) is 5.02 Å². The first-order valence-electron chi connectivity index (χ1n) is 9.29. The maximum absolute atomic E-state index is 12.8. The third-order valence-electron chi connectivity index (χ3n) is 4.69. The van der Waals surface area contributed by atoms with Gasteiger partial charge < -0.3 is 5.32 Å². The third-order valence-corrected chi connectivity index (χ3v) is 5.63. The van der Waals surface area contributed by atoms with Crippen LogP contribution < -0.4 is 5.32 Å². The highest BCUT2D eigenvalue weighted by molar-refractivity contribution is 9.10. The smallest absolute Gasteiger partial charge is 0.295 e. The molecule has 1 heterocycles. The number of aromatic nitrogens is 3. The van der Waals surface area contributed by atoms with E-state index in [1.165, 1.54) is 0 Å². The van der Waals surface area contributed by atoms with Crippen molar-refractivity contribution in [3.05, 3.63) is 93.2 Å². The molecule has 1 aromatic heterocycles. The minimum absolute atomic E-state index is 0.0767. The van der Waals surface area contributed by atoms with Gasteiger partial charge in [-0.05, 0) is 55.8 Å². The van der Waals surface area contributed by atoms with E-state index in [2.05, 4.69) is 31.3 Å². The first kappa shape index (κ1) is 20.3. The number of aryl methyl sites for hydroxylation is 1. The Kier molecular flexibility index (Phi) is 5.70. The third kappa shape index (κ3) is 4.15. The normalized spacial score (nSPS) is 10.8. The molecule has 0 saturated heterocycles. The van der Waals surface area contributed by atoms with E-state index < -0.39 is 0 Å². The first-order valence-corrected chi connectivity index (χ1v) is 10.5. The second kappa shape index (κ2) is 8.42. The van der Waals surface area contributed by atoms with Gasteiger partial charge in [-0.2, -0.15) is 0 Å². The standard InChI is InChI=1S/C23H18BrClN4O/c1-14-6-8-16(9-7-14)22-27-21(23(30)26-18-12-10-17(24)11-13-18)28-29(22)20-5-3-4-19(25)15(20)2/h3-13H,1-2H3,(H,26,30). The van der Waals surface area contributed by atoms with E-state index in [-0.39, 0.29) is 11.7 Å². The van der Waals surface area contributed by atoms with Crippen LogP contribution in [0.5, 0.6) is 0 Å². The fourth-order valence-corrected chi connectivity index (χ4v) is 3.45. The molecular weight excluding hydrogens is 464 g/mol. The van der Waals surface area contributed by atoms with E-state index in [0.717, 1.165) is 26.9 Å². The van der Waals surface area contributed by atoms with Crippen LogP contribution in [-0.4, -0.2) is 20.7 Å². The summed E-state index contributed by atoms with van der Waals surface area (Å²) >= 11 is 9.71. The molecule has 1 amide bonds. The van der Waals surface area contributed by atoms with Crippen molar-refractivity contribution in [1.82, 2.24) is 14.8 Å². The van der Waals surface area contributed by atoms with Gasteiger partial charge in [0.1, 0.15) is 0 Å². The summed E-state index contributed by atoms with van der Waals surface area (Å²) in [6, 6.07) is 20.8. The second-order valence-electron chi connectivity index (χ2n) is 6.88. The highest BCUT2D eigenvalue weighted by Crippen LogP contribution is 2.27. The van der Waals surface area contributed by atoms with Crippen molar-refractivity contribution in [2.45, 2.75) is 13.8 Å². The van der Waals surface area contributed by atoms with E-state index in [1.54, 1.807) is 16.8 Å². The van der Waals surface area contributed by atoms with Crippen molar-refractivity contribution in [2.75, 3.05) is 5.32 Å². The largest absolute Gasteiger partial charge is 0.319 e. The van der Waals surface area contributed by atoms with Crippen LogP contribution >= 0.6 is 27.5 Å². The molecule has 4 aromatic rings. The lowest BCUT2D eigenvalue weighted by atomic mass is 10.1. The van der Waals surface area contributed by atoms with Crippen LogP contribution in [0.25, 0.3) is 17.1 Å². The van der Waals surface area contributed by atoms with Gasteiger partial charge in [-0.3, -0.25) is 4.79 Å². The Bertz CT molecular complexity index is 1220. The monoisotopic (exact) mass is 480 g/mol. The lowest BCUT2D eigenvalue weighted by Crippen LogP contribution is -2.14. The molecule has 5 nitrogen and oxygen atoms in total. The molecule has 0 radical (unpaired) electrons. The summed E-state index contributed by atoms with van der Waals surface area (Å²) in [6.07, 6.45) is 0. The van der Waals surface area contributed by atoms with Gasteiger partial charge in [-0.1, -0.05) is 63.4 Å². The van der Waals surface area contributed by atoms with E-state index in [0.29, 0.717) is 16.5 Å². The predicted molar refractivity (Wildman–Crippen MR) is 123 cm³/mol. The molecular formula is C23H18BrClN4O. The summed E-state index contributed by atoms with van der Waals surface area (Å²) in [5.74, 6) is 0.262. The van der Waals surface area contributed by atoms with Crippen molar-refractivity contribution in [3.63, 3.8) is 0 Å². The van der Waals surface area contributed by atoms with Gasteiger partial charge in [0.15, 0.2) is 5.82 Å². The minimum Gasteiger partial charge on any atom is -0.319 e. The number of nitrogens with zero attached hydrogens (tertiary/aromatic N) is 3. The molecule has 0 spiro atoms. The molecule has 0 aliphatic heterocycles. The molecule has 0 saturated carbocycles. The lowest BCUT2D eigenvalue weighted by molar-refractivity contribution is 0.101. The molecule has 1 N–H and O–H groups in total. The topological polar surface area (TPSA) is 59.8 Å². The molecule has 0 aliphatic carbocycles. The number of carbonyl (C=O) groups is 1. The van der Waals surface area contributed by atoms with E-state index in [1.807, 2.05) is 68.4 Å². The number of carbonyl (C=O) groups excluding carboxylic acids is 1. The molecule has 0 aliphatic rings. The zero-order chi connectivity index (χ0) is 21.3. The molecule has 150 valence electrons. The maximum Gasteiger partial charge on any atom is 0.295 e. The Morgan fingerprint density at radius 1 is 1.00 bits per heavy atom. The molecule has 0 fully saturated rings. The highest BCUT2D eigenvalue weighted by Gasteiger charge is 2.20. The van der Waals surface area contributed by atoms with Crippen molar-refractivity contribution >= 4 is 39.1 Å². The Hall–Kier alpha value is -2.96. The highest BCUT2D eigenvalue weighted by atomic mass is 79.9. The van der Waals surface area contributed by atoms with Gasteiger partial charge in [0.05, 0.1) is 5.69 Å². The van der Waals surface area contributed by atoms with Crippen molar-refractivity contribution in [3.8, 4) is 17.1 Å². The van der Waals surface area contributed by atoms with Gasteiger partial charge in [-0.15, -0.1) is 5.10 Å². The van der Waals surface area contributed by atoms with Gasteiger partial charge in [0.2, 0.25) is 5.82 Å². The Balaban J connectivity index is 1.79. The number of anilines is 1. The number of amides is 1. The van der Waals surface area contributed by atoms with Crippen LogP contribution in [-0.2, 0) is 0 Å². The number of halogens is 2. The van der Waals surface area contributed by atoms with Gasteiger partial charge in [0, 0.05) is 20.7 Å². The van der Waals surface area contributed by atoms with Gasteiger partial charge >= 0.3 is 0 Å². The molecule has 0 unspecified atom stereocenters. The summed E-state index contributed by atoms with van der Waals surface area (Å²) in [4.78, 5) is 17.4. The zero-order valence-electron chi connectivity index (χ0n) is 16.4. The fraction of sp³-hybridized carbons (Fsp3) is 0.0870. The number of benzene rings is 3. The number of nitrogens with one attached hydrogen (secondary N) is 1. The van der Waals surface area contributed by atoms with Crippen LogP contribution in [0.15, 0.2) is 71.2 Å². The van der Waals surface area contributed by atoms with Crippen molar-refractivity contribution < 1.29 is 4.79 Å². The summed E-state index contributed by atoms with van der Waals surface area (Å²) < 4.78 is 2.60. The Morgan fingerprint density at radius 2 is 1.70 bits per heavy atom. The van der Waals surface area contributed by atoms with Crippen LogP contribution in [0.1, 0.15) is 21.7 Å². The molecule has 0 atom stereocenters. The molecule has 7 heteroatoms. The van der Waals surface area contributed by atoms with Gasteiger partial charge in [-0.25, -0.2) is 9.67 Å². The number of hydrogen-bond acceptors (Lipinski definition) is 3. The maximum atomic E-state index is 12.8. The summed E-state index contributed by atoms with van der Waals surface area (Å²) in [5, 5.41) is 7.98. The molecule has 0 bridgehead atoms. The van der Waals surface area contributed by atoms with E-state index >= 15 is 0 Å². The SMILES string of the molecule is Cc1ccc(-c2nc(C(=O)Nc3ccc(Br)cc3)nn2-c2cccc(Cl)c2C)cc1. The molecule has 3 aromatic carbocycles. The second-order valence-corrected chi connectivity index (χ2v) is 8.20. The average Bonchev–Trinajstić information content (AvgIpc) is 3.17. The average molecular weight is 482 g/mol. The Morgan fingerprint density at radius 3 is 2.40 bits per heavy atom. The zero-order valence-corrected chi connectivity index (χ0v) is 18.7. The fourth-order valence-electron chi connectivity index (χ4n) is 3.01. The van der Waals surface area contributed by atoms with Crippen LogP contribution in [0.4, 0.5) is 5.69 Å². The quantitative estimate of drug-likeness (QED) is 0.376. The van der Waals surface area contributed by atoms with Crippen LogP contribution in [0.3, 0.4) is 0 Å².